The van der Waals surface area contributed by atoms with Crippen molar-refractivity contribution in [2.75, 3.05) is 17.7 Å². The summed E-state index contributed by atoms with van der Waals surface area (Å²) >= 11 is 6.18. The number of nitrogens with one attached hydrogen (secondary N) is 3. The number of aromatic nitrogens is 6. The van der Waals surface area contributed by atoms with Crippen molar-refractivity contribution in [2.45, 2.75) is 38.1 Å². The minimum absolute atomic E-state index is 0.143. The number of carbonyl (C=O) groups excluding carboxylic acids is 3. The highest BCUT2D eigenvalue weighted by molar-refractivity contribution is 6.30. The average molecular weight is 592 g/mol. The molecule has 0 spiro atoms. The minimum atomic E-state index is -0.652. The molecule has 2 bridgehead atoms. The summed E-state index contributed by atoms with van der Waals surface area (Å²) in [5.41, 5.74) is 2.52. The molecule has 3 heterocycles. The van der Waals surface area contributed by atoms with Crippen LogP contribution in [0.1, 0.15) is 49.6 Å². The molecular weight excluding hydrogens is 566 g/mol. The molecule has 3 amide bonds. The third-order valence-corrected chi connectivity index (χ3v) is 6.64. The Balaban J connectivity index is 1.39. The van der Waals surface area contributed by atoms with Crippen LogP contribution < -0.4 is 16.0 Å². The molecule has 1 aliphatic rings. The number of hydrogen-bond acceptors (Lipinski definition) is 10. The molecule has 0 saturated carbocycles. The van der Waals surface area contributed by atoms with Crippen LogP contribution in [0.4, 0.5) is 16.2 Å². The molecule has 2 aromatic carbocycles. The normalized spacial score (nSPS) is 15.5. The molecule has 5 rings (SSSR count). The molecule has 1 unspecified atom stereocenters. The summed E-state index contributed by atoms with van der Waals surface area (Å²) in [5, 5.41) is 28.5. The maximum absolute atomic E-state index is 13.0. The van der Waals surface area contributed by atoms with E-state index >= 15 is 0 Å². The zero-order valence-electron chi connectivity index (χ0n) is 22.4. The summed E-state index contributed by atoms with van der Waals surface area (Å²) in [5.74, 6) is -0.217. The van der Waals surface area contributed by atoms with Gasteiger partial charge < -0.3 is 19.8 Å². The van der Waals surface area contributed by atoms with Gasteiger partial charge in [-0.2, -0.15) is 4.68 Å². The summed E-state index contributed by atoms with van der Waals surface area (Å²) in [6, 6.07) is 9.41. The molecular formula is C27H26ClN9O5. The number of fused-ring (bicyclic) bond motifs is 4. The van der Waals surface area contributed by atoms with E-state index in [1.807, 2.05) is 0 Å². The number of hydrogen-bond donors (Lipinski definition) is 3. The van der Waals surface area contributed by atoms with Crippen molar-refractivity contribution < 1.29 is 23.5 Å². The average Bonchev–Trinajstić information content (AvgIpc) is 3.68. The predicted molar refractivity (Wildman–Crippen MR) is 152 cm³/mol. The fraction of sp³-hybridized carbons (Fsp3) is 0.259. The van der Waals surface area contributed by atoms with Gasteiger partial charge in [-0.1, -0.05) is 24.4 Å². The monoisotopic (exact) mass is 591 g/mol. The highest BCUT2D eigenvalue weighted by Crippen LogP contribution is 2.32. The lowest BCUT2D eigenvalue weighted by molar-refractivity contribution is -0.117. The number of carbonyl (C=O) groups is 3. The van der Waals surface area contributed by atoms with Crippen LogP contribution in [0.3, 0.4) is 0 Å². The molecule has 42 heavy (non-hydrogen) atoms. The van der Waals surface area contributed by atoms with Crippen molar-refractivity contribution in [3.63, 3.8) is 0 Å². The zero-order chi connectivity index (χ0) is 29.5. The standard InChI is InChI=1S/C27H26ClN9O5/c1-41-27(40)30-18-9-10-19-21(14-18)32-23(38)6-4-2-3-5-20(26-34-33-25(19)42-26)31-24(39)12-7-16-13-17(28)8-11-22(16)37-15-29-35-36-37/h7-15,20H,2-6H2,1H3,(H,30,40)(H,31,39)(H,32,38). The van der Waals surface area contributed by atoms with Crippen molar-refractivity contribution in [3.05, 3.63) is 65.3 Å². The van der Waals surface area contributed by atoms with E-state index in [0.717, 1.165) is 6.42 Å². The van der Waals surface area contributed by atoms with Crippen molar-refractivity contribution in [3.8, 4) is 17.1 Å². The first-order chi connectivity index (χ1) is 20.4. The van der Waals surface area contributed by atoms with Gasteiger partial charge in [0.1, 0.15) is 12.4 Å². The lowest BCUT2D eigenvalue weighted by Gasteiger charge is -2.14. The molecule has 1 atom stereocenters. The number of rotatable bonds is 5. The highest BCUT2D eigenvalue weighted by atomic mass is 35.5. The first-order valence-electron chi connectivity index (χ1n) is 13.0. The van der Waals surface area contributed by atoms with Crippen LogP contribution >= 0.6 is 11.6 Å². The van der Waals surface area contributed by atoms with Gasteiger partial charge in [0.05, 0.1) is 24.0 Å². The Hall–Kier alpha value is -5.11. The van der Waals surface area contributed by atoms with E-state index in [9.17, 15) is 14.4 Å². The predicted octanol–water partition coefficient (Wildman–Crippen LogP) is 4.32. The molecule has 0 saturated heterocycles. The Labute approximate surface area is 244 Å². The van der Waals surface area contributed by atoms with E-state index in [2.05, 4.69) is 46.4 Å². The van der Waals surface area contributed by atoms with Gasteiger partial charge in [-0.3, -0.25) is 14.9 Å². The fourth-order valence-electron chi connectivity index (χ4n) is 4.37. The molecule has 0 aliphatic carbocycles. The van der Waals surface area contributed by atoms with E-state index in [1.54, 1.807) is 42.5 Å². The Bertz CT molecular complexity index is 1620. The number of benzene rings is 2. The van der Waals surface area contributed by atoms with Crippen LogP contribution in [-0.2, 0) is 14.3 Å². The van der Waals surface area contributed by atoms with Gasteiger partial charge in [0.15, 0.2) is 0 Å². The number of halogens is 1. The second kappa shape index (κ2) is 13.0. The molecule has 0 radical (unpaired) electrons. The van der Waals surface area contributed by atoms with Crippen LogP contribution in [0.15, 0.2) is 53.2 Å². The molecule has 3 N–H and O–H groups in total. The topological polar surface area (TPSA) is 179 Å². The van der Waals surface area contributed by atoms with Crippen LogP contribution in [0.25, 0.3) is 23.2 Å². The first kappa shape index (κ1) is 28.4. The van der Waals surface area contributed by atoms with E-state index in [4.69, 9.17) is 16.0 Å². The van der Waals surface area contributed by atoms with Crippen molar-refractivity contribution in [2.24, 2.45) is 0 Å². The molecule has 216 valence electrons. The maximum atomic E-state index is 13.0. The summed E-state index contributed by atoms with van der Waals surface area (Å²) in [6.45, 7) is 0. The van der Waals surface area contributed by atoms with Gasteiger partial charge in [0.2, 0.25) is 23.6 Å². The Morgan fingerprint density at radius 2 is 2.05 bits per heavy atom. The molecule has 0 fully saturated rings. The number of tetrazole rings is 1. The van der Waals surface area contributed by atoms with Gasteiger partial charge in [0.25, 0.3) is 0 Å². The van der Waals surface area contributed by atoms with Crippen molar-refractivity contribution in [1.29, 1.82) is 0 Å². The van der Waals surface area contributed by atoms with Gasteiger partial charge in [-0.15, -0.1) is 15.3 Å². The third-order valence-electron chi connectivity index (χ3n) is 6.41. The van der Waals surface area contributed by atoms with Gasteiger partial charge in [0, 0.05) is 28.8 Å². The highest BCUT2D eigenvalue weighted by Gasteiger charge is 2.23. The molecule has 15 heteroatoms. The third kappa shape index (κ3) is 6.96. The van der Waals surface area contributed by atoms with E-state index < -0.39 is 12.1 Å². The van der Waals surface area contributed by atoms with Crippen LogP contribution in [0.5, 0.6) is 0 Å². The smallest absolute Gasteiger partial charge is 0.411 e. The number of anilines is 2. The Morgan fingerprint density at radius 1 is 1.17 bits per heavy atom. The number of methoxy groups -OCH3 is 1. The number of ether oxygens (including phenoxy) is 1. The summed E-state index contributed by atoms with van der Waals surface area (Å²) in [4.78, 5) is 37.4. The van der Waals surface area contributed by atoms with Crippen LogP contribution in [-0.4, -0.2) is 55.4 Å². The van der Waals surface area contributed by atoms with Crippen molar-refractivity contribution >= 4 is 47.0 Å². The summed E-state index contributed by atoms with van der Waals surface area (Å²) in [7, 11) is 1.25. The van der Waals surface area contributed by atoms with Gasteiger partial charge in [-0.05, 0) is 65.7 Å². The van der Waals surface area contributed by atoms with Crippen molar-refractivity contribution in [1.82, 2.24) is 35.7 Å². The molecule has 2 aromatic heterocycles. The first-order valence-corrected chi connectivity index (χ1v) is 13.4. The molecule has 14 nitrogen and oxygen atoms in total. The Kier molecular flexibility index (Phi) is 8.82. The summed E-state index contributed by atoms with van der Waals surface area (Å²) in [6.07, 6.45) is 6.69. The maximum Gasteiger partial charge on any atom is 0.411 e. The number of nitrogens with zero attached hydrogens (tertiary/aromatic N) is 6. The molecule has 4 aromatic rings. The second-order valence-electron chi connectivity index (χ2n) is 9.32. The second-order valence-corrected chi connectivity index (χ2v) is 9.76. The van der Waals surface area contributed by atoms with E-state index in [1.165, 1.54) is 24.2 Å². The quantitative estimate of drug-likeness (QED) is 0.283. The molecule has 1 aliphatic heterocycles. The minimum Gasteiger partial charge on any atom is -0.453 e. The number of amides is 3. The lowest BCUT2D eigenvalue weighted by atomic mass is 10.1. The SMILES string of the molecule is COC(=O)Nc1ccc2c(c1)NC(=O)CCCCCC(NC(=O)C=Cc1cc(Cl)ccc1-n1cnnn1)c1nnc-2o1. The van der Waals surface area contributed by atoms with E-state index in [0.29, 0.717) is 58.9 Å². The van der Waals surface area contributed by atoms with E-state index in [-0.39, 0.29) is 23.6 Å². The van der Waals surface area contributed by atoms with Crippen LogP contribution in [0, 0.1) is 0 Å². The lowest BCUT2D eigenvalue weighted by Crippen LogP contribution is -2.27. The van der Waals surface area contributed by atoms with Gasteiger partial charge >= 0.3 is 6.09 Å². The summed E-state index contributed by atoms with van der Waals surface area (Å²) < 4.78 is 12.1. The fourth-order valence-corrected chi connectivity index (χ4v) is 4.55. The zero-order valence-corrected chi connectivity index (χ0v) is 23.2. The van der Waals surface area contributed by atoms with Gasteiger partial charge in [-0.25, -0.2) is 4.79 Å². The van der Waals surface area contributed by atoms with Crippen LogP contribution in [0.2, 0.25) is 5.02 Å². The largest absolute Gasteiger partial charge is 0.453 e. The Morgan fingerprint density at radius 3 is 2.86 bits per heavy atom.